The molecule has 3 nitrogen and oxygen atoms in total. The van der Waals surface area contributed by atoms with E-state index in [2.05, 4.69) is 37.9 Å². The van der Waals surface area contributed by atoms with Crippen molar-refractivity contribution in [2.45, 2.75) is 33.7 Å². The van der Waals surface area contributed by atoms with Gasteiger partial charge >= 0.3 is 0 Å². The molecule has 0 bridgehead atoms. The largest absolute Gasteiger partial charge is 0.491 e. The Bertz CT molecular complexity index is 415. The lowest BCUT2D eigenvalue weighted by Gasteiger charge is -2.10. The van der Waals surface area contributed by atoms with Gasteiger partial charge in [0.1, 0.15) is 12.4 Å². The van der Waals surface area contributed by atoms with Gasteiger partial charge in [0.2, 0.25) is 0 Å². The zero-order chi connectivity index (χ0) is 15.5. The summed E-state index contributed by atoms with van der Waals surface area (Å²) in [5.41, 5.74) is 2.40. The van der Waals surface area contributed by atoms with Crippen LogP contribution in [0.1, 0.15) is 32.8 Å². The third-order valence-electron chi connectivity index (χ3n) is 2.95. The third kappa shape index (κ3) is 9.27. The molecule has 1 aromatic rings. The fourth-order valence-corrected chi connectivity index (χ4v) is 1.82. The Morgan fingerprint density at radius 3 is 2.76 bits per heavy atom. The van der Waals surface area contributed by atoms with Gasteiger partial charge in [0.25, 0.3) is 0 Å². The van der Waals surface area contributed by atoms with E-state index in [1.165, 1.54) is 5.56 Å². The molecule has 118 valence electrons. The normalized spacial score (nSPS) is 10.9. The van der Waals surface area contributed by atoms with Crippen LogP contribution in [-0.2, 0) is 11.3 Å². The summed E-state index contributed by atoms with van der Waals surface area (Å²) in [5, 5.41) is 3.43. The number of ether oxygens (including phenoxy) is 2. The molecule has 0 aliphatic heterocycles. The first-order valence-corrected chi connectivity index (χ1v) is 7.72. The highest BCUT2D eigenvalue weighted by molar-refractivity contribution is 5.28. The van der Waals surface area contributed by atoms with Crippen LogP contribution in [0.3, 0.4) is 0 Å². The second-order valence-corrected chi connectivity index (χ2v) is 5.84. The van der Waals surface area contributed by atoms with Crippen molar-refractivity contribution in [1.82, 2.24) is 5.32 Å². The predicted molar refractivity (Wildman–Crippen MR) is 88.7 cm³/mol. The van der Waals surface area contributed by atoms with Gasteiger partial charge in [-0.1, -0.05) is 31.6 Å². The van der Waals surface area contributed by atoms with Crippen LogP contribution >= 0.6 is 0 Å². The lowest BCUT2D eigenvalue weighted by molar-refractivity contribution is 0.102. The van der Waals surface area contributed by atoms with Crippen molar-refractivity contribution in [2.24, 2.45) is 5.92 Å². The van der Waals surface area contributed by atoms with E-state index >= 15 is 0 Å². The number of hydrogen-bond acceptors (Lipinski definition) is 3. The Hall–Kier alpha value is -1.32. The van der Waals surface area contributed by atoms with E-state index in [4.69, 9.17) is 9.47 Å². The van der Waals surface area contributed by atoms with Crippen molar-refractivity contribution in [2.75, 3.05) is 26.4 Å². The number of rotatable bonds is 11. The average molecular weight is 291 g/mol. The summed E-state index contributed by atoms with van der Waals surface area (Å²) in [6, 6.07) is 8.22. The molecule has 3 heteroatoms. The van der Waals surface area contributed by atoms with Gasteiger partial charge in [0.05, 0.1) is 13.2 Å². The summed E-state index contributed by atoms with van der Waals surface area (Å²) in [6.07, 6.45) is 0.914. The Balaban J connectivity index is 2.21. The van der Waals surface area contributed by atoms with Gasteiger partial charge in [-0.3, -0.25) is 0 Å². The number of hydrogen-bond donors (Lipinski definition) is 1. The van der Waals surface area contributed by atoms with Crippen molar-refractivity contribution >= 4 is 0 Å². The van der Waals surface area contributed by atoms with Crippen LogP contribution in [0.25, 0.3) is 0 Å². The highest BCUT2D eigenvalue weighted by Gasteiger charge is 1.99. The van der Waals surface area contributed by atoms with Crippen LogP contribution in [0.5, 0.6) is 5.75 Å². The van der Waals surface area contributed by atoms with Crippen LogP contribution in [0.15, 0.2) is 36.4 Å². The molecule has 1 N–H and O–H groups in total. The van der Waals surface area contributed by atoms with Crippen LogP contribution in [0, 0.1) is 5.92 Å². The third-order valence-corrected chi connectivity index (χ3v) is 2.95. The molecule has 0 unspecified atom stereocenters. The molecule has 0 aromatic heterocycles. The molecule has 1 rings (SSSR count). The van der Waals surface area contributed by atoms with Crippen LogP contribution in [0.4, 0.5) is 0 Å². The second-order valence-electron chi connectivity index (χ2n) is 5.84. The summed E-state index contributed by atoms with van der Waals surface area (Å²) in [7, 11) is 0. The fourth-order valence-electron chi connectivity index (χ4n) is 1.82. The molecular formula is C18H29NO2. The molecule has 21 heavy (non-hydrogen) atoms. The van der Waals surface area contributed by atoms with E-state index in [0.29, 0.717) is 19.1 Å². The SMILES string of the molecule is C=C(C)CCOCCOc1cccc(CNCC(C)C)c1. The maximum Gasteiger partial charge on any atom is 0.119 e. The maximum atomic E-state index is 5.71. The van der Waals surface area contributed by atoms with Gasteiger partial charge in [-0.25, -0.2) is 0 Å². The molecule has 0 radical (unpaired) electrons. The molecular weight excluding hydrogens is 262 g/mol. The average Bonchev–Trinajstić information content (AvgIpc) is 2.42. The van der Waals surface area contributed by atoms with Crippen LogP contribution in [0.2, 0.25) is 0 Å². The Morgan fingerprint density at radius 1 is 1.24 bits per heavy atom. The van der Waals surface area contributed by atoms with Crippen molar-refractivity contribution in [3.8, 4) is 5.75 Å². The minimum absolute atomic E-state index is 0.582. The maximum absolute atomic E-state index is 5.71. The summed E-state index contributed by atoms with van der Waals surface area (Å²) >= 11 is 0. The molecule has 0 fully saturated rings. The van der Waals surface area contributed by atoms with E-state index in [1.54, 1.807) is 0 Å². The standard InChI is InChI=1S/C18H29NO2/c1-15(2)8-9-20-10-11-21-18-7-5-6-17(12-18)14-19-13-16(3)4/h5-7,12,16,19H,1,8-11,13-14H2,2-4H3. The Morgan fingerprint density at radius 2 is 2.05 bits per heavy atom. The van der Waals surface area contributed by atoms with E-state index in [1.807, 2.05) is 19.1 Å². The van der Waals surface area contributed by atoms with E-state index in [0.717, 1.165) is 37.4 Å². The second kappa shape index (κ2) is 10.4. The molecule has 0 aliphatic carbocycles. The van der Waals surface area contributed by atoms with Gasteiger partial charge in [0.15, 0.2) is 0 Å². The first-order chi connectivity index (χ1) is 10.1. The van der Waals surface area contributed by atoms with Gasteiger partial charge in [-0.05, 0) is 43.5 Å². The minimum atomic E-state index is 0.582. The van der Waals surface area contributed by atoms with E-state index in [9.17, 15) is 0 Å². The van der Waals surface area contributed by atoms with Crippen LogP contribution < -0.4 is 10.1 Å². The Kier molecular flexibility index (Phi) is 8.79. The summed E-state index contributed by atoms with van der Waals surface area (Å²) in [6.45, 7) is 14.1. The monoisotopic (exact) mass is 291 g/mol. The summed E-state index contributed by atoms with van der Waals surface area (Å²) in [5.74, 6) is 1.57. The zero-order valence-electron chi connectivity index (χ0n) is 13.7. The molecule has 0 spiro atoms. The molecule has 0 saturated heterocycles. The quantitative estimate of drug-likeness (QED) is 0.497. The molecule has 0 aliphatic rings. The van der Waals surface area contributed by atoms with Gasteiger partial charge in [-0.15, -0.1) is 6.58 Å². The highest BCUT2D eigenvalue weighted by atomic mass is 16.5. The smallest absolute Gasteiger partial charge is 0.119 e. The highest BCUT2D eigenvalue weighted by Crippen LogP contribution is 2.13. The first-order valence-electron chi connectivity index (χ1n) is 7.72. The molecule has 0 saturated carbocycles. The zero-order valence-corrected chi connectivity index (χ0v) is 13.7. The van der Waals surface area contributed by atoms with Gasteiger partial charge < -0.3 is 14.8 Å². The van der Waals surface area contributed by atoms with Gasteiger partial charge in [0, 0.05) is 6.54 Å². The predicted octanol–water partition coefficient (Wildman–Crippen LogP) is 3.79. The van der Waals surface area contributed by atoms with Crippen LogP contribution in [-0.4, -0.2) is 26.4 Å². The molecule has 1 aromatic carbocycles. The van der Waals surface area contributed by atoms with Crippen molar-refractivity contribution in [1.29, 1.82) is 0 Å². The number of nitrogens with one attached hydrogen (secondary N) is 1. The topological polar surface area (TPSA) is 30.5 Å². The van der Waals surface area contributed by atoms with Crippen molar-refractivity contribution in [3.05, 3.63) is 42.0 Å². The van der Waals surface area contributed by atoms with Gasteiger partial charge in [-0.2, -0.15) is 0 Å². The summed E-state index contributed by atoms with van der Waals surface area (Å²) in [4.78, 5) is 0. The summed E-state index contributed by atoms with van der Waals surface area (Å²) < 4.78 is 11.2. The molecule has 0 heterocycles. The Labute approximate surface area is 129 Å². The first kappa shape index (κ1) is 17.7. The van der Waals surface area contributed by atoms with E-state index < -0.39 is 0 Å². The lowest BCUT2D eigenvalue weighted by atomic mass is 10.2. The van der Waals surface area contributed by atoms with E-state index in [-0.39, 0.29) is 0 Å². The number of benzene rings is 1. The lowest BCUT2D eigenvalue weighted by Crippen LogP contribution is -2.18. The van der Waals surface area contributed by atoms with Crippen molar-refractivity contribution < 1.29 is 9.47 Å². The van der Waals surface area contributed by atoms with Crippen molar-refractivity contribution in [3.63, 3.8) is 0 Å². The molecule has 0 atom stereocenters. The minimum Gasteiger partial charge on any atom is -0.491 e. The molecule has 0 amide bonds. The fraction of sp³-hybridized carbons (Fsp3) is 0.556.